The number of rotatable bonds is 1. The first-order valence-electron chi connectivity index (χ1n) is 6.11. The summed E-state index contributed by atoms with van der Waals surface area (Å²) in [6, 6.07) is 11.0. The van der Waals surface area contributed by atoms with Crippen molar-refractivity contribution in [2.75, 3.05) is 0 Å². The van der Waals surface area contributed by atoms with Crippen LogP contribution in [0, 0.1) is 6.92 Å². The zero-order valence-electron chi connectivity index (χ0n) is 10.8. The highest BCUT2D eigenvalue weighted by Crippen LogP contribution is 2.31. The van der Waals surface area contributed by atoms with Crippen molar-refractivity contribution in [2.24, 2.45) is 0 Å². The molecule has 100 valence electrons. The summed E-state index contributed by atoms with van der Waals surface area (Å²) in [7, 11) is 0. The maximum atomic E-state index is 12.1. The molecule has 0 aliphatic heterocycles. The number of aryl methyl sites for hydroxylation is 1. The summed E-state index contributed by atoms with van der Waals surface area (Å²) >= 11 is 0. The number of phenols is 2. The maximum Gasteiger partial charge on any atom is 0.193 e. The molecule has 3 rings (SSSR count). The Morgan fingerprint density at radius 2 is 1.75 bits per heavy atom. The van der Waals surface area contributed by atoms with E-state index in [1.54, 1.807) is 18.2 Å². The summed E-state index contributed by atoms with van der Waals surface area (Å²) in [5.74, 6) is -0.120. The number of hydrogen-bond donors (Lipinski definition) is 2. The van der Waals surface area contributed by atoms with Crippen LogP contribution in [0.15, 0.2) is 51.7 Å². The van der Waals surface area contributed by atoms with Gasteiger partial charge < -0.3 is 14.6 Å². The molecule has 0 unspecified atom stereocenters. The Kier molecular flexibility index (Phi) is 2.71. The van der Waals surface area contributed by atoms with E-state index < -0.39 is 0 Å². The lowest BCUT2D eigenvalue weighted by Crippen LogP contribution is -2.00. The van der Waals surface area contributed by atoms with Gasteiger partial charge in [-0.1, -0.05) is 6.07 Å². The Morgan fingerprint density at radius 1 is 0.950 bits per heavy atom. The Hall–Kier alpha value is -2.75. The zero-order valence-corrected chi connectivity index (χ0v) is 10.8. The summed E-state index contributed by atoms with van der Waals surface area (Å²) in [5, 5.41) is 19.3. The minimum absolute atomic E-state index is 0.145. The molecular weight excluding hydrogens is 256 g/mol. The summed E-state index contributed by atoms with van der Waals surface area (Å²) in [6.45, 7) is 1.92. The first-order valence-corrected chi connectivity index (χ1v) is 6.11. The number of benzene rings is 2. The van der Waals surface area contributed by atoms with Gasteiger partial charge >= 0.3 is 0 Å². The molecule has 0 saturated carbocycles. The molecule has 3 aromatic rings. The average molecular weight is 268 g/mol. The van der Waals surface area contributed by atoms with Gasteiger partial charge in [-0.05, 0) is 42.8 Å². The molecule has 1 heterocycles. The molecule has 0 fully saturated rings. The minimum atomic E-state index is -0.255. The number of phenolic OH excluding ortho intramolecular Hbond substituents is 2. The largest absolute Gasteiger partial charge is 0.504 e. The van der Waals surface area contributed by atoms with Gasteiger partial charge in [-0.3, -0.25) is 4.79 Å². The van der Waals surface area contributed by atoms with Gasteiger partial charge in [0.05, 0.1) is 5.39 Å². The van der Waals surface area contributed by atoms with Crippen LogP contribution >= 0.6 is 0 Å². The zero-order chi connectivity index (χ0) is 14.3. The van der Waals surface area contributed by atoms with Gasteiger partial charge in [-0.15, -0.1) is 0 Å². The van der Waals surface area contributed by atoms with E-state index in [9.17, 15) is 15.0 Å². The molecule has 0 aliphatic carbocycles. The highest BCUT2D eigenvalue weighted by Gasteiger charge is 2.09. The van der Waals surface area contributed by atoms with E-state index in [1.807, 2.05) is 13.0 Å². The van der Waals surface area contributed by atoms with Crippen molar-refractivity contribution in [2.45, 2.75) is 6.92 Å². The van der Waals surface area contributed by atoms with Crippen LogP contribution in [0.5, 0.6) is 11.5 Å². The van der Waals surface area contributed by atoms with Crippen molar-refractivity contribution in [1.29, 1.82) is 0 Å². The fourth-order valence-electron chi connectivity index (χ4n) is 2.08. The van der Waals surface area contributed by atoms with Crippen molar-refractivity contribution in [3.63, 3.8) is 0 Å². The first-order chi connectivity index (χ1) is 9.54. The van der Waals surface area contributed by atoms with E-state index in [1.165, 1.54) is 18.2 Å². The highest BCUT2D eigenvalue weighted by molar-refractivity contribution is 5.79. The van der Waals surface area contributed by atoms with Gasteiger partial charge in [0, 0.05) is 11.6 Å². The Balaban J connectivity index is 2.26. The lowest BCUT2D eigenvalue weighted by Gasteiger charge is -2.05. The van der Waals surface area contributed by atoms with Crippen LogP contribution in [0.2, 0.25) is 0 Å². The Bertz CT molecular complexity index is 862. The molecule has 2 N–H and O–H groups in total. The monoisotopic (exact) mass is 268 g/mol. The Morgan fingerprint density at radius 3 is 2.50 bits per heavy atom. The second-order valence-corrected chi connectivity index (χ2v) is 4.68. The molecule has 0 atom stereocenters. The second-order valence-electron chi connectivity index (χ2n) is 4.68. The third kappa shape index (κ3) is 2.01. The smallest absolute Gasteiger partial charge is 0.193 e. The summed E-state index contributed by atoms with van der Waals surface area (Å²) < 4.78 is 5.71. The lowest BCUT2D eigenvalue weighted by atomic mass is 10.1. The van der Waals surface area contributed by atoms with Gasteiger partial charge in [-0.25, -0.2) is 0 Å². The molecule has 0 radical (unpaired) electrons. The normalized spacial score (nSPS) is 10.8. The fraction of sp³-hybridized carbons (Fsp3) is 0.0625. The van der Waals surface area contributed by atoms with Gasteiger partial charge in [0.25, 0.3) is 0 Å². The topological polar surface area (TPSA) is 70.7 Å². The van der Waals surface area contributed by atoms with Crippen molar-refractivity contribution >= 4 is 11.0 Å². The molecule has 0 amide bonds. The molecule has 4 nitrogen and oxygen atoms in total. The first kappa shape index (κ1) is 12.3. The van der Waals surface area contributed by atoms with Crippen molar-refractivity contribution < 1.29 is 14.6 Å². The fourth-order valence-corrected chi connectivity index (χ4v) is 2.08. The lowest BCUT2D eigenvalue weighted by molar-refractivity contribution is 0.404. The van der Waals surface area contributed by atoms with Crippen molar-refractivity contribution in [3.05, 3.63) is 58.3 Å². The van der Waals surface area contributed by atoms with Crippen LogP contribution < -0.4 is 5.43 Å². The summed E-state index contributed by atoms with van der Waals surface area (Å²) in [4.78, 5) is 12.1. The molecule has 1 aromatic heterocycles. The standard InChI is InChI=1S/C16H12O4/c1-9-2-4-11-13(18)8-15(20-16(11)6-9)10-3-5-12(17)14(19)7-10/h2-8,17,19H,1H3. The SMILES string of the molecule is Cc1ccc2c(=O)cc(-c3ccc(O)c(O)c3)oc2c1. The molecule has 20 heavy (non-hydrogen) atoms. The highest BCUT2D eigenvalue weighted by atomic mass is 16.3. The molecule has 0 bridgehead atoms. The third-order valence-corrected chi connectivity index (χ3v) is 3.14. The quantitative estimate of drug-likeness (QED) is 0.665. The molecule has 2 aromatic carbocycles. The van der Waals surface area contributed by atoms with Crippen LogP contribution in [-0.2, 0) is 0 Å². The summed E-state index contributed by atoms with van der Waals surface area (Å²) in [6.07, 6.45) is 0. The predicted molar refractivity (Wildman–Crippen MR) is 76.0 cm³/mol. The van der Waals surface area contributed by atoms with Crippen LogP contribution in [0.1, 0.15) is 5.56 Å². The number of fused-ring (bicyclic) bond motifs is 1. The minimum Gasteiger partial charge on any atom is -0.504 e. The summed E-state index contributed by atoms with van der Waals surface area (Å²) in [5.41, 5.74) is 1.88. The van der Waals surface area contributed by atoms with Crippen molar-refractivity contribution in [1.82, 2.24) is 0 Å². The van der Waals surface area contributed by atoms with Crippen LogP contribution in [-0.4, -0.2) is 10.2 Å². The van der Waals surface area contributed by atoms with E-state index >= 15 is 0 Å². The van der Waals surface area contributed by atoms with Gasteiger partial charge in [0.2, 0.25) is 0 Å². The van der Waals surface area contributed by atoms with Gasteiger partial charge in [0.15, 0.2) is 16.9 Å². The van der Waals surface area contributed by atoms with Crippen molar-refractivity contribution in [3.8, 4) is 22.8 Å². The number of aromatic hydroxyl groups is 2. The molecule has 0 aliphatic rings. The van der Waals surface area contributed by atoms with Gasteiger partial charge in [-0.2, -0.15) is 0 Å². The molecular formula is C16H12O4. The molecule has 0 saturated heterocycles. The van der Waals surface area contributed by atoms with E-state index in [-0.39, 0.29) is 16.9 Å². The second kappa shape index (κ2) is 4.42. The van der Waals surface area contributed by atoms with E-state index in [4.69, 9.17) is 4.42 Å². The maximum absolute atomic E-state index is 12.1. The van der Waals surface area contributed by atoms with Gasteiger partial charge in [0.1, 0.15) is 11.3 Å². The Labute approximate surface area is 114 Å². The molecule has 4 heteroatoms. The third-order valence-electron chi connectivity index (χ3n) is 3.14. The van der Waals surface area contributed by atoms with Crippen LogP contribution in [0.3, 0.4) is 0 Å². The van der Waals surface area contributed by atoms with E-state index in [0.717, 1.165) is 5.56 Å². The van der Waals surface area contributed by atoms with E-state index in [2.05, 4.69) is 0 Å². The van der Waals surface area contributed by atoms with Crippen LogP contribution in [0.4, 0.5) is 0 Å². The van der Waals surface area contributed by atoms with Crippen LogP contribution in [0.25, 0.3) is 22.3 Å². The van der Waals surface area contributed by atoms with E-state index in [0.29, 0.717) is 22.3 Å². The average Bonchev–Trinajstić information content (AvgIpc) is 2.41. The number of hydrogen-bond acceptors (Lipinski definition) is 4. The predicted octanol–water partition coefficient (Wildman–Crippen LogP) is 3.18. The molecule has 0 spiro atoms.